The van der Waals surface area contributed by atoms with Gasteiger partial charge in [0.25, 0.3) is 0 Å². The highest BCUT2D eigenvalue weighted by Crippen LogP contribution is 2.22. The fourth-order valence-electron chi connectivity index (χ4n) is 1.66. The van der Waals surface area contributed by atoms with Gasteiger partial charge in [0.05, 0.1) is 0 Å². The standard InChI is InChI=1S/C9H18N2/c1-8(3-5-10)9-4-6-11(2)7-9/h9H,1,3-7,10H2,2H3. The number of likely N-dealkylation sites (tertiary alicyclic amines) is 1. The second-order valence-electron chi connectivity index (χ2n) is 3.44. The summed E-state index contributed by atoms with van der Waals surface area (Å²) < 4.78 is 0. The Kier molecular flexibility index (Phi) is 3.09. The molecule has 1 saturated heterocycles. The first-order valence-corrected chi connectivity index (χ1v) is 4.30. The van der Waals surface area contributed by atoms with Crippen LogP contribution in [0.2, 0.25) is 0 Å². The molecule has 11 heavy (non-hydrogen) atoms. The van der Waals surface area contributed by atoms with E-state index in [1.807, 2.05) is 0 Å². The van der Waals surface area contributed by atoms with E-state index in [0.29, 0.717) is 5.92 Å². The Hall–Kier alpha value is -0.340. The van der Waals surface area contributed by atoms with Gasteiger partial charge in [-0.1, -0.05) is 12.2 Å². The summed E-state index contributed by atoms with van der Waals surface area (Å²) in [4.78, 5) is 2.35. The Labute approximate surface area is 69.1 Å². The third kappa shape index (κ3) is 2.31. The van der Waals surface area contributed by atoms with E-state index in [9.17, 15) is 0 Å². The first kappa shape index (κ1) is 8.75. The molecule has 0 amide bonds. The quantitative estimate of drug-likeness (QED) is 0.610. The van der Waals surface area contributed by atoms with Crippen LogP contribution in [-0.4, -0.2) is 31.6 Å². The fourth-order valence-corrected chi connectivity index (χ4v) is 1.66. The van der Waals surface area contributed by atoms with Gasteiger partial charge in [-0.2, -0.15) is 0 Å². The Morgan fingerprint density at radius 3 is 2.91 bits per heavy atom. The van der Waals surface area contributed by atoms with Crippen LogP contribution < -0.4 is 5.73 Å². The summed E-state index contributed by atoms with van der Waals surface area (Å²) in [6.07, 6.45) is 2.27. The molecule has 0 aromatic rings. The van der Waals surface area contributed by atoms with Crippen molar-refractivity contribution in [2.24, 2.45) is 11.7 Å². The van der Waals surface area contributed by atoms with Gasteiger partial charge in [-0.25, -0.2) is 0 Å². The van der Waals surface area contributed by atoms with Gasteiger partial charge in [-0.15, -0.1) is 0 Å². The number of nitrogens with zero attached hydrogens (tertiary/aromatic N) is 1. The zero-order chi connectivity index (χ0) is 8.27. The lowest BCUT2D eigenvalue weighted by atomic mass is 9.97. The van der Waals surface area contributed by atoms with Gasteiger partial charge in [-0.05, 0) is 38.9 Å². The molecule has 0 aromatic carbocycles. The number of hydrogen-bond donors (Lipinski definition) is 1. The molecular formula is C9H18N2. The van der Waals surface area contributed by atoms with Gasteiger partial charge < -0.3 is 10.6 Å². The van der Waals surface area contributed by atoms with Crippen molar-refractivity contribution in [3.8, 4) is 0 Å². The molecule has 0 saturated carbocycles. The van der Waals surface area contributed by atoms with Gasteiger partial charge in [-0.3, -0.25) is 0 Å². The fraction of sp³-hybridized carbons (Fsp3) is 0.778. The number of hydrogen-bond acceptors (Lipinski definition) is 2. The van der Waals surface area contributed by atoms with Crippen molar-refractivity contribution in [3.63, 3.8) is 0 Å². The van der Waals surface area contributed by atoms with E-state index < -0.39 is 0 Å². The van der Waals surface area contributed by atoms with Crippen molar-refractivity contribution in [2.45, 2.75) is 12.8 Å². The monoisotopic (exact) mass is 154 g/mol. The lowest BCUT2D eigenvalue weighted by Crippen LogP contribution is -2.15. The largest absolute Gasteiger partial charge is 0.330 e. The van der Waals surface area contributed by atoms with Crippen LogP contribution >= 0.6 is 0 Å². The maximum absolute atomic E-state index is 5.46. The van der Waals surface area contributed by atoms with E-state index in [1.165, 1.54) is 25.1 Å². The molecule has 1 rings (SSSR count). The summed E-state index contributed by atoms with van der Waals surface area (Å²) in [6, 6.07) is 0. The van der Waals surface area contributed by atoms with E-state index in [-0.39, 0.29) is 0 Å². The molecule has 2 N–H and O–H groups in total. The highest BCUT2D eigenvalue weighted by Gasteiger charge is 2.20. The van der Waals surface area contributed by atoms with Gasteiger partial charge in [0.2, 0.25) is 0 Å². The molecule has 0 radical (unpaired) electrons. The predicted molar refractivity (Wildman–Crippen MR) is 48.4 cm³/mol. The molecule has 1 heterocycles. The van der Waals surface area contributed by atoms with Crippen molar-refractivity contribution in [1.29, 1.82) is 0 Å². The highest BCUT2D eigenvalue weighted by molar-refractivity contribution is 5.04. The highest BCUT2D eigenvalue weighted by atomic mass is 15.1. The normalized spacial score (nSPS) is 25.8. The Bertz CT molecular complexity index is 142. The molecule has 2 heteroatoms. The molecule has 1 aliphatic heterocycles. The molecule has 1 aliphatic rings. The third-order valence-corrected chi connectivity index (χ3v) is 2.43. The summed E-state index contributed by atoms with van der Waals surface area (Å²) in [5, 5.41) is 0. The summed E-state index contributed by atoms with van der Waals surface area (Å²) in [5.74, 6) is 0.712. The van der Waals surface area contributed by atoms with Crippen LogP contribution in [0.5, 0.6) is 0 Å². The summed E-state index contributed by atoms with van der Waals surface area (Å²) in [6.45, 7) is 7.20. The Morgan fingerprint density at radius 2 is 2.45 bits per heavy atom. The minimum absolute atomic E-state index is 0.712. The van der Waals surface area contributed by atoms with Crippen LogP contribution in [-0.2, 0) is 0 Å². The molecule has 2 nitrogen and oxygen atoms in total. The topological polar surface area (TPSA) is 29.3 Å². The molecule has 1 unspecified atom stereocenters. The van der Waals surface area contributed by atoms with Gasteiger partial charge >= 0.3 is 0 Å². The van der Waals surface area contributed by atoms with Crippen molar-refractivity contribution in [2.75, 3.05) is 26.7 Å². The lowest BCUT2D eigenvalue weighted by molar-refractivity contribution is 0.404. The Balaban J connectivity index is 2.31. The van der Waals surface area contributed by atoms with Crippen molar-refractivity contribution in [1.82, 2.24) is 4.90 Å². The average Bonchev–Trinajstić information content (AvgIpc) is 2.36. The van der Waals surface area contributed by atoms with Crippen LogP contribution in [0.25, 0.3) is 0 Å². The second-order valence-corrected chi connectivity index (χ2v) is 3.44. The van der Waals surface area contributed by atoms with Gasteiger partial charge in [0.1, 0.15) is 0 Å². The number of rotatable bonds is 3. The second kappa shape index (κ2) is 3.88. The minimum Gasteiger partial charge on any atom is -0.330 e. The van der Waals surface area contributed by atoms with E-state index in [0.717, 1.165) is 13.0 Å². The van der Waals surface area contributed by atoms with Crippen LogP contribution in [0.4, 0.5) is 0 Å². The summed E-state index contributed by atoms with van der Waals surface area (Å²) >= 11 is 0. The molecule has 0 aromatic heterocycles. The molecular weight excluding hydrogens is 136 g/mol. The van der Waals surface area contributed by atoms with E-state index in [1.54, 1.807) is 0 Å². The summed E-state index contributed by atoms with van der Waals surface area (Å²) in [7, 11) is 2.16. The van der Waals surface area contributed by atoms with Crippen LogP contribution in [0.3, 0.4) is 0 Å². The van der Waals surface area contributed by atoms with E-state index >= 15 is 0 Å². The molecule has 0 aliphatic carbocycles. The molecule has 1 fully saturated rings. The van der Waals surface area contributed by atoms with Crippen molar-refractivity contribution < 1.29 is 0 Å². The van der Waals surface area contributed by atoms with Gasteiger partial charge in [0, 0.05) is 6.54 Å². The minimum atomic E-state index is 0.712. The smallest absolute Gasteiger partial charge is 0.00443 e. The molecule has 0 bridgehead atoms. The maximum atomic E-state index is 5.46. The van der Waals surface area contributed by atoms with Crippen LogP contribution in [0.1, 0.15) is 12.8 Å². The van der Waals surface area contributed by atoms with Crippen molar-refractivity contribution in [3.05, 3.63) is 12.2 Å². The Morgan fingerprint density at radius 1 is 1.73 bits per heavy atom. The molecule has 0 spiro atoms. The molecule has 1 atom stereocenters. The summed E-state index contributed by atoms with van der Waals surface area (Å²) in [5.41, 5.74) is 6.80. The first-order chi connectivity index (χ1) is 5.24. The predicted octanol–water partition coefficient (Wildman–Crippen LogP) is 0.843. The van der Waals surface area contributed by atoms with E-state index in [4.69, 9.17) is 5.73 Å². The van der Waals surface area contributed by atoms with Crippen LogP contribution in [0.15, 0.2) is 12.2 Å². The van der Waals surface area contributed by atoms with Crippen LogP contribution in [0, 0.1) is 5.92 Å². The zero-order valence-electron chi connectivity index (χ0n) is 7.34. The molecule has 64 valence electrons. The zero-order valence-corrected chi connectivity index (χ0v) is 7.34. The van der Waals surface area contributed by atoms with E-state index in [2.05, 4.69) is 18.5 Å². The third-order valence-electron chi connectivity index (χ3n) is 2.43. The van der Waals surface area contributed by atoms with Gasteiger partial charge in [0.15, 0.2) is 0 Å². The average molecular weight is 154 g/mol. The lowest BCUT2D eigenvalue weighted by Gasteiger charge is -2.12. The SMILES string of the molecule is C=C(CCN)C1CCN(C)C1. The maximum Gasteiger partial charge on any atom is 0.00443 e. The first-order valence-electron chi connectivity index (χ1n) is 4.30. The number of nitrogens with two attached hydrogens (primary N) is 1. The van der Waals surface area contributed by atoms with Crippen molar-refractivity contribution >= 4 is 0 Å².